The molecule has 0 aliphatic carbocycles. The number of carboxylic acid groups (broad SMARTS) is 1. The lowest BCUT2D eigenvalue weighted by atomic mass is 10.1. The Bertz CT molecular complexity index is 508. The van der Waals surface area contributed by atoms with Gasteiger partial charge in [0, 0.05) is 23.9 Å². The Hall–Kier alpha value is -1.07. The minimum atomic E-state index is -1.00. The normalized spacial score (nSPS) is 20.6. The van der Waals surface area contributed by atoms with Crippen molar-refractivity contribution in [3.05, 3.63) is 34.3 Å². The minimum absolute atomic E-state index is 0.192. The van der Waals surface area contributed by atoms with Crippen molar-refractivity contribution in [3.63, 3.8) is 0 Å². The van der Waals surface area contributed by atoms with E-state index in [2.05, 4.69) is 15.9 Å². The predicted molar refractivity (Wildman–Crippen MR) is 75.2 cm³/mol. The summed E-state index contributed by atoms with van der Waals surface area (Å²) >= 11 is 9.26. The standard InChI is InChI=1S/C13H13BrClNO3/c14-9-3-1-2-8(4-9)5-11(13(18)19)16-7-10(15)6-12(16)17/h1-4,10-11H,5-7H2,(H,18,19)/t10?,11-/m0/s1. The van der Waals surface area contributed by atoms with E-state index in [-0.39, 0.29) is 24.1 Å². The summed E-state index contributed by atoms with van der Waals surface area (Å²) in [7, 11) is 0. The van der Waals surface area contributed by atoms with Gasteiger partial charge in [0.1, 0.15) is 6.04 Å². The smallest absolute Gasteiger partial charge is 0.326 e. The Labute approximate surface area is 124 Å². The second kappa shape index (κ2) is 5.92. The van der Waals surface area contributed by atoms with E-state index >= 15 is 0 Å². The second-order valence-electron chi connectivity index (χ2n) is 4.54. The van der Waals surface area contributed by atoms with Crippen molar-refractivity contribution in [1.82, 2.24) is 4.90 Å². The van der Waals surface area contributed by atoms with Crippen LogP contribution in [-0.4, -0.2) is 39.8 Å². The maximum absolute atomic E-state index is 11.8. The van der Waals surface area contributed by atoms with E-state index in [0.29, 0.717) is 6.54 Å². The summed E-state index contributed by atoms with van der Waals surface area (Å²) in [5.41, 5.74) is 0.868. The molecule has 2 rings (SSSR count). The number of halogens is 2. The quantitative estimate of drug-likeness (QED) is 0.851. The molecule has 4 nitrogen and oxygen atoms in total. The number of benzene rings is 1. The lowest BCUT2D eigenvalue weighted by Gasteiger charge is -2.24. The number of carbonyl (C=O) groups excluding carboxylic acids is 1. The van der Waals surface area contributed by atoms with Crippen LogP contribution in [0.15, 0.2) is 28.7 Å². The van der Waals surface area contributed by atoms with E-state index in [4.69, 9.17) is 11.6 Å². The average Bonchev–Trinajstić information content (AvgIpc) is 2.65. The summed E-state index contributed by atoms with van der Waals surface area (Å²) in [5, 5.41) is 9.03. The van der Waals surface area contributed by atoms with Crippen LogP contribution in [0.2, 0.25) is 0 Å². The van der Waals surface area contributed by atoms with Crippen molar-refractivity contribution in [2.24, 2.45) is 0 Å². The fourth-order valence-electron chi connectivity index (χ4n) is 2.21. The Morgan fingerprint density at radius 1 is 1.58 bits per heavy atom. The molecule has 19 heavy (non-hydrogen) atoms. The molecule has 6 heteroatoms. The summed E-state index contributed by atoms with van der Waals surface area (Å²) in [6, 6.07) is 6.56. The van der Waals surface area contributed by atoms with Crippen molar-refractivity contribution >= 4 is 39.4 Å². The number of carboxylic acids is 1. The first kappa shape index (κ1) is 14.3. The van der Waals surface area contributed by atoms with Gasteiger partial charge in [-0.15, -0.1) is 11.6 Å². The number of hydrogen-bond donors (Lipinski definition) is 1. The van der Waals surface area contributed by atoms with Gasteiger partial charge in [-0.1, -0.05) is 28.1 Å². The van der Waals surface area contributed by atoms with Gasteiger partial charge in [0.2, 0.25) is 5.91 Å². The minimum Gasteiger partial charge on any atom is -0.480 e. The average molecular weight is 347 g/mol. The zero-order chi connectivity index (χ0) is 14.0. The van der Waals surface area contributed by atoms with E-state index < -0.39 is 12.0 Å². The highest BCUT2D eigenvalue weighted by molar-refractivity contribution is 9.10. The zero-order valence-corrected chi connectivity index (χ0v) is 12.4. The molecule has 0 radical (unpaired) electrons. The van der Waals surface area contributed by atoms with Crippen LogP contribution in [0.25, 0.3) is 0 Å². The Kier molecular flexibility index (Phi) is 4.47. The molecule has 1 saturated heterocycles. The van der Waals surface area contributed by atoms with Crippen LogP contribution in [-0.2, 0) is 16.0 Å². The molecule has 1 unspecified atom stereocenters. The van der Waals surface area contributed by atoms with E-state index in [1.54, 1.807) is 0 Å². The van der Waals surface area contributed by atoms with Gasteiger partial charge in [-0.05, 0) is 17.7 Å². The van der Waals surface area contributed by atoms with Gasteiger partial charge in [-0.3, -0.25) is 4.79 Å². The third kappa shape index (κ3) is 3.48. The van der Waals surface area contributed by atoms with Crippen LogP contribution in [0.5, 0.6) is 0 Å². The molecular formula is C13H13BrClNO3. The number of aliphatic carboxylic acids is 1. The van der Waals surface area contributed by atoms with Gasteiger partial charge >= 0.3 is 5.97 Å². The number of likely N-dealkylation sites (tertiary alicyclic amines) is 1. The van der Waals surface area contributed by atoms with Crippen molar-refractivity contribution in [3.8, 4) is 0 Å². The summed E-state index contributed by atoms with van der Waals surface area (Å²) in [5.74, 6) is -1.19. The van der Waals surface area contributed by atoms with E-state index in [1.165, 1.54) is 4.90 Å². The topological polar surface area (TPSA) is 57.6 Å². The summed E-state index contributed by atoms with van der Waals surface area (Å²) in [4.78, 5) is 24.5. The highest BCUT2D eigenvalue weighted by Gasteiger charge is 2.36. The summed E-state index contributed by atoms with van der Waals surface area (Å²) in [6.45, 7) is 0.297. The Morgan fingerprint density at radius 2 is 2.32 bits per heavy atom. The van der Waals surface area contributed by atoms with E-state index in [9.17, 15) is 14.7 Å². The summed E-state index contributed by atoms with van der Waals surface area (Å²) < 4.78 is 0.886. The fraction of sp³-hybridized carbons (Fsp3) is 0.385. The largest absolute Gasteiger partial charge is 0.480 e. The van der Waals surface area contributed by atoms with E-state index in [1.807, 2.05) is 24.3 Å². The lowest BCUT2D eigenvalue weighted by molar-refractivity contribution is -0.148. The molecule has 0 saturated carbocycles. The fourth-order valence-corrected chi connectivity index (χ4v) is 2.93. The lowest BCUT2D eigenvalue weighted by Crippen LogP contribution is -2.43. The van der Waals surface area contributed by atoms with Crippen molar-refractivity contribution in [2.75, 3.05) is 6.54 Å². The van der Waals surface area contributed by atoms with Gasteiger partial charge in [-0.25, -0.2) is 4.79 Å². The van der Waals surface area contributed by atoms with Crippen molar-refractivity contribution in [1.29, 1.82) is 0 Å². The maximum atomic E-state index is 11.8. The first-order valence-electron chi connectivity index (χ1n) is 5.88. The molecule has 1 fully saturated rings. The first-order valence-corrected chi connectivity index (χ1v) is 7.11. The van der Waals surface area contributed by atoms with Crippen LogP contribution in [0.3, 0.4) is 0 Å². The molecule has 1 amide bonds. The molecule has 1 heterocycles. The van der Waals surface area contributed by atoms with Gasteiger partial charge in [-0.2, -0.15) is 0 Å². The zero-order valence-electron chi connectivity index (χ0n) is 10.1. The highest BCUT2D eigenvalue weighted by atomic mass is 79.9. The Morgan fingerprint density at radius 3 is 2.84 bits per heavy atom. The monoisotopic (exact) mass is 345 g/mol. The predicted octanol–water partition coefficient (Wildman–Crippen LogP) is 2.28. The van der Waals surface area contributed by atoms with Gasteiger partial charge in [0.25, 0.3) is 0 Å². The number of carbonyl (C=O) groups is 2. The van der Waals surface area contributed by atoms with Crippen LogP contribution < -0.4 is 0 Å². The van der Waals surface area contributed by atoms with Crippen molar-refractivity contribution < 1.29 is 14.7 Å². The summed E-state index contributed by atoms with van der Waals surface area (Å²) in [6.07, 6.45) is 0.494. The van der Waals surface area contributed by atoms with Crippen LogP contribution in [0, 0.1) is 0 Å². The van der Waals surface area contributed by atoms with Crippen molar-refractivity contribution in [2.45, 2.75) is 24.3 Å². The third-order valence-corrected chi connectivity index (χ3v) is 3.88. The molecule has 1 aliphatic heterocycles. The van der Waals surface area contributed by atoms with Crippen LogP contribution >= 0.6 is 27.5 Å². The molecule has 1 N–H and O–H groups in total. The number of alkyl halides is 1. The SMILES string of the molecule is O=C(O)[C@H](Cc1cccc(Br)c1)N1CC(Cl)CC1=O. The van der Waals surface area contributed by atoms with Crippen LogP contribution in [0.1, 0.15) is 12.0 Å². The van der Waals surface area contributed by atoms with Crippen LogP contribution in [0.4, 0.5) is 0 Å². The Balaban J connectivity index is 2.17. The third-order valence-electron chi connectivity index (χ3n) is 3.09. The molecule has 102 valence electrons. The number of nitrogens with zero attached hydrogens (tertiary/aromatic N) is 1. The first-order chi connectivity index (χ1) is 8.97. The number of hydrogen-bond acceptors (Lipinski definition) is 2. The molecule has 0 aromatic heterocycles. The van der Waals surface area contributed by atoms with E-state index in [0.717, 1.165) is 10.0 Å². The van der Waals surface area contributed by atoms with Gasteiger partial charge < -0.3 is 10.0 Å². The molecule has 1 aromatic rings. The molecule has 1 aromatic carbocycles. The molecule has 0 spiro atoms. The number of amides is 1. The van der Waals surface area contributed by atoms with Gasteiger partial charge in [0.05, 0.1) is 5.38 Å². The molecule has 1 aliphatic rings. The maximum Gasteiger partial charge on any atom is 0.326 e. The second-order valence-corrected chi connectivity index (χ2v) is 6.07. The molecular weight excluding hydrogens is 334 g/mol. The number of rotatable bonds is 4. The highest BCUT2D eigenvalue weighted by Crippen LogP contribution is 2.22. The molecule has 0 bridgehead atoms. The molecule has 2 atom stereocenters. The van der Waals surface area contributed by atoms with Gasteiger partial charge in [0.15, 0.2) is 0 Å².